The Morgan fingerprint density at radius 2 is 1.89 bits per heavy atom. The fourth-order valence-electron chi connectivity index (χ4n) is 2.92. The van der Waals surface area contributed by atoms with E-state index in [0.29, 0.717) is 18.7 Å². The summed E-state index contributed by atoms with van der Waals surface area (Å²) >= 11 is 0. The number of aliphatic carboxylic acids is 1. The molecule has 0 aliphatic carbocycles. The summed E-state index contributed by atoms with van der Waals surface area (Å²) in [5, 5.41) is 22.5. The fraction of sp³-hybridized carbons (Fsp3) is 0.500. The van der Waals surface area contributed by atoms with Crippen molar-refractivity contribution in [3.63, 3.8) is 0 Å². The zero-order valence-electron chi connectivity index (χ0n) is 14.1. The van der Waals surface area contributed by atoms with Crippen LogP contribution < -0.4 is 5.32 Å². The van der Waals surface area contributed by atoms with Crippen molar-refractivity contribution in [2.45, 2.75) is 19.0 Å². The molecule has 11 heteroatoms. The van der Waals surface area contributed by atoms with E-state index >= 15 is 0 Å². The van der Waals surface area contributed by atoms with Crippen molar-refractivity contribution >= 4 is 23.3 Å². The second kappa shape index (κ2) is 8.23. The largest absolute Gasteiger partial charge is 0.481 e. The molecule has 2 rings (SSSR count). The number of nitro groups is 1. The topological polar surface area (TPSA) is 113 Å². The Bertz CT molecular complexity index is 708. The van der Waals surface area contributed by atoms with E-state index in [0.717, 1.165) is 4.90 Å². The average molecular weight is 389 g/mol. The van der Waals surface area contributed by atoms with Crippen molar-refractivity contribution in [1.82, 2.24) is 4.90 Å². The minimum absolute atomic E-state index is 0.0309. The van der Waals surface area contributed by atoms with E-state index in [2.05, 4.69) is 5.32 Å². The Hall–Kier alpha value is -2.85. The normalized spacial score (nSPS) is 19.7. The number of nitrogens with zero attached hydrogens (tertiary/aromatic N) is 2. The number of nitrogens with one attached hydrogen (secondary N) is 1. The van der Waals surface area contributed by atoms with Gasteiger partial charge in [-0.05, 0) is 18.6 Å². The molecule has 1 aromatic rings. The van der Waals surface area contributed by atoms with Gasteiger partial charge in [0.25, 0.3) is 5.69 Å². The quantitative estimate of drug-likeness (QED) is 0.421. The predicted octanol–water partition coefficient (Wildman–Crippen LogP) is 2.51. The monoisotopic (exact) mass is 389 g/mol. The van der Waals surface area contributed by atoms with Crippen LogP contribution in [0.25, 0.3) is 0 Å². The van der Waals surface area contributed by atoms with E-state index in [1.807, 2.05) is 0 Å². The summed E-state index contributed by atoms with van der Waals surface area (Å²) in [7, 11) is 0. The lowest BCUT2D eigenvalue weighted by molar-refractivity contribution is -0.384. The van der Waals surface area contributed by atoms with Gasteiger partial charge in [-0.25, -0.2) is 0 Å². The summed E-state index contributed by atoms with van der Waals surface area (Å²) in [6.45, 7) is -0.758. The number of carboxylic acids is 1. The summed E-state index contributed by atoms with van der Waals surface area (Å²) in [6, 6.07) is 5.65. The van der Waals surface area contributed by atoms with Crippen molar-refractivity contribution in [3.05, 3.63) is 34.4 Å². The first-order valence-corrected chi connectivity index (χ1v) is 8.15. The number of anilines is 1. The standard InChI is InChI=1S/C16H18F3N3O5/c17-16(18,19)13-9-21(8-12(13)15(24)25)14(23)2-1-7-20-10-3-5-11(6-4-10)22(26)27/h3-6,12-13,20H,1-2,7-9H2,(H,24,25)/t12-,13-/m1/s1. The van der Waals surface area contributed by atoms with Crippen LogP contribution in [0.5, 0.6) is 0 Å². The van der Waals surface area contributed by atoms with Gasteiger partial charge in [-0.15, -0.1) is 0 Å². The van der Waals surface area contributed by atoms with Crippen LogP contribution in [0.2, 0.25) is 0 Å². The highest BCUT2D eigenvalue weighted by Gasteiger charge is 2.53. The van der Waals surface area contributed by atoms with Crippen LogP contribution in [0, 0.1) is 22.0 Å². The average Bonchev–Trinajstić information content (AvgIpc) is 3.05. The third-order valence-electron chi connectivity index (χ3n) is 4.38. The zero-order valence-corrected chi connectivity index (χ0v) is 14.1. The molecule has 27 heavy (non-hydrogen) atoms. The Labute approximate surface area is 152 Å². The molecule has 0 saturated carbocycles. The van der Waals surface area contributed by atoms with Crippen molar-refractivity contribution in [3.8, 4) is 0 Å². The number of amides is 1. The van der Waals surface area contributed by atoms with Crippen LogP contribution >= 0.6 is 0 Å². The SMILES string of the molecule is O=C(O)[C@@H]1CN(C(=O)CCCNc2ccc([N+](=O)[O-])cc2)C[C@H]1C(F)(F)F. The highest BCUT2D eigenvalue weighted by Crippen LogP contribution is 2.37. The van der Waals surface area contributed by atoms with E-state index in [1.165, 1.54) is 24.3 Å². The van der Waals surface area contributed by atoms with E-state index in [9.17, 15) is 32.9 Å². The molecule has 1 heterocycles. The van der Waals surface area contributed by atoms with E-state index in [4.69, 9.17) is 5.11 Å². The molecule has 148 valence electrons. The lowest BCUT2D eigenvalue weighted by Crippen LogP contribution is -2.34. The van der Waals surface area contributed by atoms with E-state index in [1.54, 1.807) is 0 Å². The van der Waals surface area contributed by atoms with Crippen LogP contribution in [0.15, 0.2) is 24.3 Å². The van der Waals surface area contributed by atoms with E-state index in [-0.39, 0.29) is 12.1 Å². The Balaban J connectivity index is 1.80. The summed E-state index contributed by atoms with van der Waals surface area (Å²) in [6.07, 6.45) is -4.38. The molecule has 0 radical (unpaired) electrons. The van der Waals surface area contributed by atoms with Gasteiger partial charge in [-0.3, -0.25) is 19.7 Å². The van der Waals surface area contributed by atoms with Crippen molar-refractivity contribution in [2.24, 2.45) is 11.8 Å². The van der Waals surface area contributed by atoms with Crippen LogP contribution in [0.3, 0.4) is 0 Å². The third-order valence-corrected chi connectivity index (χ3v) is 4.38. The Kier molecular flexibility index (Phi) is 6.24. The minimum atomic E-state index is -4.67. The Morgan fingerprint density at radius 3 is 2.37 bits per heavy atom. The lowest BCUT2D eigenvalue weighted by atomic mass is 9.96. The number of non-ortho nitro benzene ring substituents is 1. The van der Waals surface area contributed by atoms with Crippen LogP contribution in [-0.4, -0.2) is 52.6 Å². The first-order valence-electron chi connectivity index (χ1n) is 8.15. The molecule has 2 N–H and O–H groups in total. The summed E-state index contributed by atoms with van der Waals surface area (Å²) < 4.78 is 38.8. The number of hydrogen-bond acceptors (Lipinski definition) is 5. The fourth-order valence-corrected chi connectivity index (χ4v) is 2.92. The van der Waals surface area contributed by atoms with Gasteiger partial charge in [0.2, 0.25) is 5.91 Å². The molecule has 1 aliphatic rings. The maximum Gasteiger partial charge on any atom is 0.394 e. The highest BCUT2D eigenvalue weighted by atomic mass is 19.4. The summed E-state index contributed by atoms with van der Waals surface area (Å²) in [4.78, 5) is 34.1. The van der Waals surface area contributed by atoms with E-state index < -0.39 is 47.9 Å². The number of halogens is 3. The molecular weight excluding hydrogens is 371 g/mol. The van der Waals surface area contributed by atoms with Gasteiger partial charge >= 0.3 is 12.1 Å². The van der Waals surface area contributed by atoms with Gasteiger partial charge in [-0.1, -0.05) is 0 Å². The molecule has 0 spiro atoms. The van der Waals surface area contributed by atoms with Crippen LogP contribution in [-0.2, 0) is 9.59 Å². The van der Waals surface area contributed by atoms with Crippen molar-refractivity contribution in [1.29, 1.82) is 0 Å². The summed E-state index contributed by atoms with van der Waals surface area (Å²) in [5.41, 5.74) is 0.550. The number of nitro benzene ring substituents is 1. The molecule has 1 saturated heterocycles. The number of rotatable bonds is 7. The maximum atomic E-state index is 12.9. The van der Waals surface area contributed by atoms with Crippen molar-refractivity contribution in [2.75, 3.05) is 25.0 Å². The summed E-state index contributed by atoms with van der Waals surface area (Å²) in [5.74, 6) is -5.80. The van der Waals surface area contributed by atoms with Gasteiger partial charge in [-0.2, -0.15) is 13.2 Å². The van der Waals surface area contributed by atoms with Crippen LogP contribution in [0.4, 0.5) is 24.5 Å². The third kappa shape index (κ3) is 5.31. The number of carbonyl (C=O) groups excluding carboxylic acids is 1. The lowest BCUT2D eigenvalue weighted by Gasteiger charge is -2.18. The molecular formula is C16H18F3N3O5. The number of hydrogen-bond donors (Lipinski definition) is 2. The molecule has 1 fully saturated rings. The highest BCUT2D eigenvalue weighted by molar-refractivity contribution is 5.79. The number of carbonyl (C=O) groups is 2. The number of alkyl halides is 3. The molecule has 1 amide bonds. The maximum absolute atomic E-state index is 12.9. The van der Waals surface area contributed by atoms with Gasteiger partial charge < -0.3 is 15.3 Å². The molecule has 0 aromatic heterocycles. The van der Waals surface area contributed by atoms with Gasteiger partial charge in [0.05, 0.1) is 16.8 Å². The zero-order chi connectivity index (χ0) is 20.2. The van der Waals surface area contributed by atoms with Crippen molar-refractivity contribution < 1.29 is 32.8 Å². The second-order valence-corrected chi connectivity index (χ2v) is 6.23. The van der Waals surface area contributed by atoms with Gasteiger partial charge in [0, 0.05) is 43.9 Å². The number of likely N-dealkylation sites (tertiary alicyclic amines) is 1. The van der Waals surface area contributed by atoms with Crippen LogP contribution in [0.1, 0.15) is 12.8 Å². The molecule has 8 nitrogen and oxygen atoms in total. The molecule has 0 bridgehead atoms. The molecule has 2 atom stereocenters. The first kappa shape index (κ1) is 20.5. The number of carboxylic acid groups (broad SMARTS) is 1. The Morgan fingerprint density at radius 1 is 1.26 bits per heavy atom. The first-order chi connectivity index (χ1) is 12.6. The molecule has 1 aliphatic heterocycles. The van der Waals surface area contributed by atoms with Gasteiger partial charge in [0.15, 0.2) is 0 Å². The second-order valence-electron chi connectivity index (χ2n) is 6.23. The predicted molar refractivity (Wildman–Crippen MR) is 88.1 cm³/mol. The smallest absolute Gasteiger partial charge is 0.394 e. The number of benzene rings is 1. The molecule has 1 aromatic carbocycles. The van der Waals surface area contributed by atoms with Gasteiger partial charge in [0.1, 0.15) is 0 Å². The molecule has 0 unspecified atom stereocenters. The minimum Gasteiger partial charge on any atom is -0.481 e.